The summed E-state index contributed by atoms with van der Waals surface area (Å²) in [6, 6.07) is 22.7. The zero-order valence-electron chi connectivity index (χ0n) is 20.9. The van der Waals surface area contributed by atoms with Gasteiger partial charge in [0.05, 0.1) is 24.8 Å². The number of hydrogen-bond donors (Lipinski definition) is 2. The Labute approximate surface area is 215 Å². The number of nitrogen functional groups attached to an aromatic ring is 1. The van der Waals surface area contributed by atoms with Crippen LogP contribution >= 0.6 is 0 Å². The summed E-state index contributed by atoms with van der Waals surface area (Å²) in [4.78, 5) is 23.1. The average Bonchev–Trinajstić information content (AvgIpc) is 3.21. The van der Waals surface area contributed by atoms with E-state index >= 15 is 0 Å². The maximum Gasteiger partial charge on any atom is 0.257 e. The van der Waals surface area contributed by atoms with Crippen molar-refractivity contribution < 1.29 is 14.3 Å². The highest BCUT2D eigenvalue weighted by Crippen LogP contribution is 2.31. The van der Waals surface area contributed by atoms with Gasteiger partial charge in [0.25, 0.3) is 5.91 Å². The van der Waals surface area contributed by atoms with Gasteiger partial charge in [-0.15, -0.1) is 0 Å². The smallest absolute Gasteiger partial charge is 0.257 e. The van der Waals surface area contributed by atoms with Crippen LogP contribution in [-0.2, 0) is 6.54 Å². The van der Waals surface area contributed by atoms with Gasteiger partial charge in [0.15, 0.2) is 5.65 Å². The number of carbonyl (C=O) groups is 1. The molecule has 5 rings (SSSR count). The molecule has 0 radical (unpaired) electrons. The number of benzene rings is 3. The van der Waals surface area contributed by atoms with Crippen molar-refractivity contribution in [3.05, 3.63) is 83.9 Å². The monoisotopic (exact) mass is 495 g/mol. The number of amides is 1. The first-order valence-corrected chi connectivity index (χ1v) is 12.3. The Hall–Kier alpha value is -4.59. The SMILES string of the molecule is CCCCOc1ccc(-n2c(N)c(C(=O)NCc3ccc(OC)cc3)c3nc4ccccc4nc32)cc1. The number of anilines is 1. The minimum absolute atomic E-state index is 0.275. The molecule has 2 aromatic heterocycles. The third-order valence-electron chi connectivity index (χ3n) is 6.20. The molecule has 8 nitrogen and oxygen atoms in total. The lowest BCUT2D eigenvalue weighted by Crippen LogP contribution is -2.24. The van der Waals surface area contributed by atoms with Gasteiger partial charge in [0.2, 0.25) is 0 Å². The molecular weight excluding hydrogens is 466 g/mol. The summed E-state index contributed by atoms with van der Waals surface area (Å²) in [7, 11) is 1.62. The quantitative estimate of drug-likeness (QED) is 0.270. The first-order chi connectivity index (χ1) is 18.1. The molecule has 0 fully saturated rings. The van der Waals surface area contributed by atoms with Crippen molar-refractivity contribution in [1.29, 1.82) is 0 Å². The summed E-state index contributed by atoms with van der Waals surface area (Å²) in [6.45, 7) is 3.13. The Morgan fingerprint density at radius 3 is 2.30 bits per heavy atom. The van der Waals surface area contributed by atoms with E-state index in [1.807, 2.05) is 72.8 Å². The fraction of sp³-hybridized carbons (Fsp3) is 0.207. The number of hydrogen-bond acceptors (Lipinski definition) is 6. The zero-order valence-corrected chi connectivity index (χ0v) is 20.9. The Balaban J connectivity index is 1.53. The summed E-state index contributed by atoms with van der Waals surface area (Å²) in [5, 5.41) is 2.98. The molecule has 3 aromatic carbocycles. The lowest BCUT2D eigenvalue weighted by Gasteiger charge is -2.10. The predicted molar refractivity (Wildman–Crippen MR) is 145 cm³/mol. The molecule has 188 valence electrons. The van der Waals surface area contributed by atoms with Gasteiger partial charge in [-0.2, -0.15) is 0 Å². The molecule has 1 amide bonds. The largest absolute Gasteiger partial charge is 0.497 e. The molecule has 0 aliphatic heterocycles. The van der Waals surface area contributed by atoms with Crippen LogP contribution in [0.2, 0.25) is 0 Å². The second-order valence-electron chi connectivity index (χ2n) is 8.71. The standard InChI is InChI=1S/C29H29N5O3/c1-3-4-17-37-22-15-11-20(12-16-22)34-27(30)25(26-28(34)33-24-8-6-5-7-23(24)32-26)29(35)31-18-19-9-13-21(36-2)14-10-19/h5-16H,3-4,17-18,30H2,1-2H3,(H,31,35). The van der Waals surface area contributed by atoms with Crippen molar-refractivity contribution in [1.82, 2.24) is 19.9 Å². The van der Waals surface area contributed by atoms with Gasteiger partial charge in [-0.05, 0) is 60.5 Å². The number of para-hydroxylation sites is 2. The van der Waals surface area contributed by atoms with Crippen LogP contribution in [0.1, 0.15) is 35.7 Å². The normalized spacial score (nSPS) is 11.1. The molecule has 0 bridgehead atoms. The topological polar surface area (TPSA) is 104 Å². The van der Waals surface area contributed by atoms with Crippen LogP contribution in [0.4, 0.5) is 5.82 Å². The Morgan fingerprint density at radius 2 is 1.62 bits per heavy atom. The number of methoxy groups -OCH3 is 1. The highest BCUT2D eigenvalue weighted by atomic mass is 16.5. The summed E-state index contributed by atoms with van der Waals surface area (Å²) >= 11 is 0. The van der Waals surface area contributed by atoms with Crippen LogP contribution in [0.3, 0.4) is 0 Å². The second-order valence-corrected chi connectivity index (χ2v) is 8.71. The number of carbonyl (C=O) groups excluding carboxylic acids is 1. The zero-order chi connectivity index (χ0) is 25.8. The van der Waals surface area contributed by atoms with Crippen molar-refractivity contribution >= 4 is 33.9 Å². The van der Waals surface area contributed by atoms with Gasteiger partial charge in [0, 0.05) is 12.2 Å². The predicted octanol–water partition coefficient (Wildman–Crippen LogP) is 5.27. The van der Waals surface area contributed by atoms with Gasteiger partial charge in [-0.3, -0.25) is 9.36 Å². The summed E-state index contributed by atoms with van der Waals surface area (Å²) < 4.78 is 12.8. The van der Waals surface area contributed by atoms with E-state index in [9.17, 15) is 4.79 Å². The summed E-state index contributed by atoms with van der Waals surface area (Å²) in [6.07, 6.45) is 2.06. The number of ether oxygens (including phenoxy) is 2. The number of nitrogens with two attached hydrogens (primary N) is 1. The molecule has 0 spiro atoms. The molecule has 8 heteroatoms. The molecule has 0 atom stereocenters. The third kappa shape index (κ3) is 4.91. The van der Waals surface area contributed by atoms with Gasteiger partial charge in [0.1, 0.15) is 28.4 Å². The Morgan fingerprint density at radius 1 is 0.946 bits per heavy atom. The van der Waals surface area contributed by atoms with Gasteiger partial charge in [-0.1, -0.05) is 37.6 Å². The molecular formula is C29H29N5O3. The molecule has 5 aromatic rings. The van der Waals surface area contributed by atoms with Crippen LogP contribution in [0, 0.1) is 0 Å². The van der Waals surface area contributed by atoms with Crippen molar-refractivity contribution in [3.63, 3.8) is 0 Å². The molecule has 37 heavy (non-hydrogen) atoms. The average molecular weight is 496 g/mol. The van der Waals surface area contributed by atoms with Gasteiger partial charge >= 0.3 is 0 Å². The molecule has 0 unspecified atom stereocenters. The molecule has 0 aliphatic rings. The highest BCUT2D eigenvalue weighted by molar-refractivity contribution is 6.11. The van der Waals surface area contributed by atoms with Crippen LogP contribution in [0.15, 0.2) is 72.8 Å². The lowest BCUT2D eigenvalue weighted by molar-refractivity contribution is 0.0953. The van der Waals surface area contributed by atoms with E-state index in [4.69, 9.17) is 25.2 Å². The minimum Gasteiger partial charge on any atom is -0.497 e. The fourth-order valence-corrected chi connectivity index (χ4v) is 4.19. The Kier molecular flexibility index (Phi) is 6.89. The van der Waals surface area contributed by atoms with Gasteiger partial charge < -0.3 is 20.5 Å². The van der Waals surface area contributed by atoms with Crippen LogP contribution < -0.4 is 20.5 Å². The lowest BCUT2D eigenvalue weighted by atomic mass is 10.2. The molecule has 0 aliphatic carbocycles. The molecule has 2 heterocycles. The molecule has 0 saturated heterocycles. The van der Waals surface area contributed by atoms with E-state index in [0.717, 1.165) is 41.1 Å². The van der Waals surface area contributed by atoms with Crippen LogP contribution in [-0.4, -0.2) is 34.2 Å². The number of fused-ring (bicyclic) bond motifs is 2. The van der Waals surface area contributed by atoms with Crippen LogP contribution in [0.5, 0.6) is 11.5 Å². The number of nitrogens with zero attached hydrogens (tertiary/aromatic N) is 3. The summed E-state index contributed by atoms with van der Waals surface area (Å²) in [5.74, 6) is 1.49. The number of aromatic nitrogens is 3. The molecule has 0 saturated carbocycles. The van der Waals surface area contributed by atoms with Crippen LogP contribution in [0.25, 0.3) is 27.9 Å². The van der Waals surface area contributed by atoms with Crippen molar-refractivity contribution in [2.45, 2.75) is 26.3 Å². The van der Waals surface area contributed by atoms with E-state index in [1.54, 1.807) is 11.7 Å². The van der Waals surface area contributed by atoms with Crippen molar-refractivity contribution in [3.8, 4) is 17.2 Å². The minimum atomic E-state index is -0.318. The Bertz CT molecular complexity index is 1540. The van der Waals surface area contributed by atoms with Gasteiger partial charge in [-0.25, -0.2) is 9.97 Å². The van der Waals surface area contributed by atoms with E-state index in [0.29, 0.717) is 35.4 Å². The van der Waals surface area contributed by atoms with Crippen molar-refractivity contribution in [2.24, 2.45) is 0 Å². The highest BCUT2D eigenvalue weighted by Gasteiger charge is 2.24. The fourth-order valence-electron chi connectivity index (χ4n) is 4.19. The third-order valence-corrected chi connectivity index (χ3v) is 6.20. The maximum absolute atomic E-state index is 13.4. The van der Waals surface area contributed by atoms with E-state index < -0.39 is 0 Å². The van der Waals surface area contributed by atoms with E-state index in [1.165, 1.54) is 0 Å². The van der Waals surface area contributed by atoms with E-state index in [-0.39, 0.29) is 11.7 Å². The summed E-state index contributed by atoms with van der Waals surface area (Å²) in [5.41, 5.74) is 11.0. The van der Waals surface area contributed by atoms with E-state index in [2.05, 4.69) is 12.2 Å². The molecule has 3 N–H and O–H groups in total. The number of nitrogens with one attached hydrogen (secondary N) is 1. The second kappa shape index (κ2) is 10.6. The maximum atomic E-state index is 13.4. The number of rotatable bonds is 9. The number of unbranched alkanes of at least 4 members (excludes halogenated alkanes) is 1. The van der Waals surface area contributed by atoms with Crippen molar-refractivity contribution in [2.75, 3.05) is 19.5 Å². The first-order valence-electron chi connectivity index (χ1n) is 12.3. The first kappa shape index (κ1) is 24.1.